The van der Waals surface area contributed by atoms with E-state index in [9.17, 15) is 14.4 Å². The molecule has 1 aromatic carbocycles. The highest BCUT2D eigenvalue weighted by Crippen LogP contribution is 2.20. The molecule has 138 valence electrons. The van der Waals surface area contributed by atoms with Crippen LogP contribution < -0.4 is 4.74 Å². The monoisotopic (exact) mass is 359 g/mol. The second-order valence-electron chi connectivity index (χ2n) is 5.57. The first-order valence-corrected chi connectivity index (χ1v) is 8.09. The van der Waals surface area contributed by atoms with Crippen molar-refractivity contribution in [2.24, 2.45) is 0 Å². The molecular weight excluding hydrogens is 338 g/mol. The van der Waals surface area contributed by atoms with E-state index in [1.165, 1.54) is 7.11 Å². The fourth-order valence-corrected chi connectivity index (χ4v) is 2.53. The van der Waals surface area contributed by atoms with Crippen LogP contribution in [0.3, 0.4) is 0 Å². The number of hydrogen-bond acceptors (Lipinski definition) is 6. The minimum atomic E-state index is -0.706. The van der Waals surface area contributed by atoms with Crippen LogP contribution in [0.25, 0.3) is 0 Å². The van der Waals surface area contributed by atoms with E-state index < -0.39 is 18.5 Å². The molecule has 0 saturated carbocycles. The van der Waals surface area contributed by atoms with Crippen LogP contribution >= 0.6 is 0 Å². The molecule has 1 aromatic heterocycles. The van der Waals surface area contributed by atoms with Crippen molar-refractivity contribution in [3.8, 4) is 5.75 Å². The first-order valence-electron chi connectivity index (χ1n) is 8.09. The highest BCUT2D eigenvalue weighted by molar-refractivity contribution is 6.01. The molecule has 2 rings (SSSR count). The van der Waals surface area contributed by atoms with Crippen LogP contribution in [0.2, 0.25) is 0 Å². The summed E-state index contributed by atoms with van der Waals surface area (Å²) in [7, 11) is 1.53. The van der Waals surface area contributed by atoms with E-state index in [1.807, 2.05) is 0 Å². The van der Waals surface area contributed by atoms with E-state index in [2.05, 4.69) is 4.98 Å². The Morgan fingerprint density at radius 2 is 1.65 bits per heavy atom. The van der Waals surface area contributed by atoms with E-state index in [-0.39, 0.29) is 18.1 Å². The number of aryl methyl sites for hydroxylation is 1. The third-order valence-electron chi connectivity index (χ3n) is 3.87. The molecule has 0 aliphatic carbocycles. The number of H-pyrrole nitrogens is 1. The number of carbonyl (C=O) groups is 3. The van der Waals surface area contributed by atoms with E-state index in [0.29, 0.717) is 28.1 Å². The van der Waals surface area contributed by atoms with Gasteiger partial charge in [0.25, 0.3) is 0 Å². The van der Waals surface area contributed by atoms with Crippen LogP contribution in [-0.2, 0) is 9.47 Å². The van der Waals surface area contributed by atoms with Gasteiger partial charge >= 0.3 is 11.9 Å². The molecule has 0 amide bonds. The predicted molar refractivity (Wildman–Crippen MR) is 93.8 cm³/mol. The van der Waals surface area contributed by atoms with Crippen molar-refractivity contribution in [1.82, 2.24) is 4.98 Å². The summed E-state index contributed by atoms with van der Waals surface area (Å²) in [6.07, 6.45) is 0. The summed E-state index contributed by atoms with van der Waals surface area (Å²) in [4.78, 5) is 39.2. The Morgan fingerprint density at radius 3 is 2.23 bits per heavy atom. The van der Waals surface area contributed by atoms with Gasteiger partial charge in [0.2, 0.25) is 0 Å². The minimum Gasteiger partial charge on any atom is -0.497 e. The van der Waals surface area contributed by atoms with Crippen LogP contribution in [-0.4, -0.2) is 43.0 Å². The standard InChI is InChI=1S/C19H21NO6/c1-5-25-18(22)16-11(2)17(20-12(16)3)19(23)26-10-15(21)13-6-8-14(24-4)9-7-13/h6-9,20H,5,10H2,1-4H3. The van der Waals surface area contributed by atoms with Crippen molar-refractivity contribution in [2.45, 2.75) is 20.8 Å². The number of ketones is 1. The van der Waals surface area contributed by atoms with E-state index >= 15 is 0 Å². The lowest BCUT2D eigenvalue weighted by molar-refractivity contribution is 0.0468. The van der Waals surface area contributed by atoms with E-state index in [1.54, 1.807) is 45.0 Å². The second kappa shape index (κ2) is 8.33. The van der Waals surface area contributed by atoms with Crippen LogP contribution in [0, 0.1) is 13.8 Å². The Morgan fingerprint density at radius 1 is 1.00 bits per heavy atom. The molecule has 0 radical (unpaired) electrons. The summed E-state index contributed by atoms with van der Waals surface area (Å²) in [6, 6.07) is 6.49. The fraction of sp³-hybridized carbons (Fsp3) is 0.316. The van der Waals surface area contributed by atoms with Crippen molar-refractivity contribution in [2.75, 3.05) is 20.3 Å². The number of rotatable bonds is 7. The number of hydrogen-bond donors (Lipinski definition) is 1. The summed E-state index contributed by atoms with van der Waals surface area (Å²) in [5.74, 6) is -0.926. The number of aromatic nitrogens is 1. The first kappa shape index (κ1) is 19.2. The Hall–Kier alpha value is -3.09. The summed E-state index contributed by atoms with van der Waals surface area (Å²) in [5.41, 5.74) is 1.79. The number of benzene rings is 1. The van der Waals surface area contributed by atoms with Gasteiger partial charge in [-0.25, -0.2) is 9.59 Å². The highest BCUT2D eigenvalue weighted by Gasteiger charge is 2.24. The largest absolute Gasteiger partial charge is 0.497 e. The topological polar surface area (TPSA) is 94.7 Å². The Bertz CT molecular complexity index is 819. The zero-order valence-corrected chi connectivity index (χ0v) is 15.2. The second-order valence-corrected chi connectivity index (χ2v) is 5.57. The normalized spacial score (nSPS) is 10.3. The molecule has 0 spiro atoms. The van der Waals surface area contributed by atoms with Crippen LogP contribution in [0.1, 0.15) is 49.4 Å². The van der Waals surface area contributed by atoms with Crippen LogP contribution in [0.4, 0.5) is 0 Å². The summed E-state index contributed by atoms with van der Waals surface area (Å²) < 4.78 is 15.1. The van der Waals surface area contributed by atoms with Crippen molar-refractivity contribution in [1.29, 1.82) is 0 Å². The zero-order chi connectivity index (χ0) is 19.3. The first-order chi connectivity index (χ1) is 12.4. The summed E-state index contributed by atoms with van der Waals surface area (Å²) >= 11 is 0. The average molecular weight is 359 g/mol. The molecule has 0 aliphatic rings. The van der Waals surface area contributed by atoms with Gasteiger partial charge in [0.15, 0.2) is 12.4 Å². The van der Waals surface area contributed by atoms with Crippen molar-refractivity contribution in [3.63, 3.8) is 0 Å². The number of Topliss-reactive ketones (excluding diaryl/α,β-unsaturated/α-hetero) is 1. The summed E-state index contributed by atoms with van der Waals surface area (Å²) in [6.45, 7) is 4.82. The number of ether oxygens (including phenoxy) is 3. The number of aromatic amines is 1. The lowest BCUT2D eigenvalue weighted by atomic mass is 10.1. The van der Waals surface area contributed by atoms with E-state index in [4.69, 9.17) is 14.2 Å². The SMILES string of the molecule is CCOC(=O)c1c(C)[nH]c(C(=O)OCC(=O)c2ccc(OC)cc2)c1C. The quantitative estimate of drug-likeness (QED) is 0.603. The number of nitrogens with one attached hydrogen (secondary N) is 1. The lowest BCUT2D eigenvalue weighted by Crippen LogP contribution is -2.15. The molecule has 0 bridgehead atoms. The molecular formula is C19H21NO6. The maximum absolute atomic E-state index is 12.3. The van der Waals surface area contributed by atoms with Gasteiger partial charge in [-0.2, -0.15) is 0 Å². The molecule has 0 fully saturated rings. The molecule has 1 N–H and O–H groups in total. The predicted octanol–water partition coefficient (Wildman–Crippen LogP) is 2.86. The maximum atomic E-state index is 12.3. The molecule has 7 nitrogen and oxygen atoms in total. The summed E-state index contributed by atoms with van der Waals surface area (Å²) in [5, 5.41) is 0. The molecule has 26 heavy (non-hydrogen) atoms. The van der Waals surface area contributed by atoms with Crippen LogP contribution in [0.15, 0.2) is 24.3 Å². The van der Waals surface area contributed by atoms with E-state index in [0.717, 1.165) is 0 Å². The van der Waals surface area contributed by atoms with Gasteiger partial charge in [0, 0.05) is 11.3 Å². The minimum absolute atomic E-state index is 0.132. The third kappa shape index (κ3) is 4.11. The fourth-order valence-electron chi connectivity index (χ4n) is 2.53. The van der Waals surface area contributed by atoms with Gasteiger partial charge in [-0.05, 0) is 50.6 Å². The zero-order valence-electron chi connectivity index (χ0n) is 15.2. The third-order valence-corrected chi connectivity index (χ3v) is 3.87. The Kier molecular flexibility index (Phi) is 6.16. The van der Waals surface area contributed by atoms with Gasteiger partial charge in [-0.3, -0.25) is 4.79 Å². The van der Waals surface area contributed by atoms with Gasteiger partial charge < -0.3 is 19.2 Å². The van der Waals surface area contributed by atoms with Gasteiger partial charge in [-0.1, -0.05) is 0 Å². The number of esters is 2. The molecule has 7 heteroatoms. The molecule has 1 heterocycles. The molecule has 0 aliphatic heterocycles. The van der Waals surface area contributed by atoms with Crippen molar-refractivity contribution in [3.05, 3.63) is 52.3 Å². The maximum Gasteiger partial charge on any atom is 0.355 e. The van der Waals surface area contributed by atoms with Crippen molar-refractivity contribution < 1.29 is 28.6 Å². The molecule has 2 aromatic rings. The number of methoxy groups -OCH3 is 1. The molecule has 0 unspecified atom stereocenters. The Labute approximate surface area is 151 Å². The van der Waals surface area contributed by atoms with Crippen molar-refractivity contribution >= 4 is 17.7 Å². The molecule has 0 saturated heterocycles. The molecule has 0 atom stereocenters. The average Bonchev–Trinajstić information content (AvgIpc) is 2.94. The van der Waals surface area contributed by atoms with Crippen LogP contribution in [0.5, 0.6) is 5.75 Å². The number of carbonyl (C=O) groups excluding carboxylic acids is 3. The smallest absolute Gasteiger partial charge is 0.355 e. The van der Waals surface area contributed by atoms with Gasteiger partial charge in [0.1, 0.15) is 11.4 Å². The Balaban J connectivity index is 2.06. The van der Waals surface area contributed by atoms with Gasteiger partial charge in [-0.15, -0.1) is 0 Å². The highest BCUT2D eigenvalue weighted by atomic mass is 16.5. The van der Waals surface area contributed by atoms with Gasteiger partial charge in [0.05, 0.1) is 19.3 Å². The lowest BCUT2D eigenvalue weighted by Gasteiger charge is -2.05.